The molecule has 0 bridgehead atoms. The van der Waals surface area contributed by atoms with Crippen LogP contribution in [0.3, 0.4) is 0 Å². The fourth-order valence-electron chi connectivity index (χ4n) is 1.30. The van der Waals surface area contributed by atoms with E-state index >= 15 is 0 Å². The van der Waals surface area contributed by atoms with Crippen molar-refractivity contribution in [3.8, 4) is 0 Å². The molecule has 5 heteroatoms. The minimum absolute atomic E-state index is 0.0995. The number of furan rings is 1. The number of aromatic carboxylic acids is 1. The van der Waals surface area contributed by atoms with Gasteiger partial charge in [0, 0.05) is 22.1 Å². The van der Waals surface area contributed by atoms with Crippen LogP contribution in [0.1, 0.15) is 36.4 Å². The molecule has 0 fully saturated rings. The van der Waals surface area contributed by atoms with Crippen LogP contribution in [0.5, 0.6) is 0 Å². The van der Waals surface area contributed by atoms with E-state index in [1.54, 1.807) is 6.07 Å². The molecule has 1 rings (SSSR count). The summed E-state index contributed by atoms with van der Waals surface area (Å²) in [7, 11) is -1.03. The maximum absolute atomic E-state index is 11.7. The second kappa shape index (κ2) is 5.84. The van der Waals surface area contributed by atoms with Gasteiger partial charge in [-0.1, -0.05) is 20.3 Å². The molecule has 0 spiro atoms. The van der Waals surface area contributed by atoms with Crippen LogP contribution in [0.4, 0.5) is 0 Å². The van der Waals surface area contributed by atoms with E-state index in [1.165, 1.54) is 6.26 Å². The molecule has 4 nitrogen and oxygen atoms in total. The van der Waals surface area contributed by atoms with Crippen molar-refractivity contribution < 1.29 is 18.5 Å². The molecular formula is C11H16O4S. The van der Waals surface area contributed by atoms with Gasteiger partial charge < -0.3 is 9.52 Å². The summed E-state index contributed by atoms with van der Waals surface area (Å²) in [5.41, 5.74) is 0.508. The van der Waals surface area contributed by atoms with E-state index in [0.717, 1.165) is 6.42 Å². The summed E-state index contributed by atoms with van der Waals surface area (Å²) in [6, 6.07) is 1.57. The first-order chi connectivity index (χ1) is 7.54. The Morgan fingerprint density at radius 3 is 2.88 bits per heavy atom. The molecule has 1 heterocycles. The maximum atomic E-state index is 11.7. The lowest BCUT2D eigenvalue weighted by Crippen LogP contribution is -2.10. The topological polar surface area (TPSA) is 67.5 Å². The van der Waals surface area contributed by atoms with Gasteiger partial charge in [0.1, 0.15) is 0 Å². The molecule has 0 amide bonds. The quantitative estimate of drug-likeness (QED) is 0.833. The fourth-order valence-corrected chi connectivity index (χ4v) is 2.87. The van der Waals surface area contributed by atoms with Crippen LogP contribution in [0.15, 0.2) is 16.7 Å². The molecule has 90 valence electrons. The molecule has 16 heavy (non-hydrogen) atoms. The Kier molecular flexibility index (Phi) is 4.73. The Labute approximate surface area is 97.1 Å². The molecule has 0 saturated heterocycles. The molecule has 0 aliphatic heterocycles. The lowest BCUT2D eigenvalue weighted by atomic mass is 10.2. The van der Waals surface area contributed by atoms with Crippen LogP contribution in [0, 0.1) is 5.92 Å². The van der Waals surface area contributed by atoms with Crippen molar-refractivity contribution in [3.63, 3.8) is 0 Å². The largest absolute Gasteiger partial charge is 0.475 e. The lowest BCUT2D eigenvalue weighted by Gasteiger charge is -2.07. The van der Waals surface area contributed by atoms with Gasteiger partial charge in [-0.05, 0) is 12.0 Å². The molecule has 1 N–H and O–H groups in total. The van der Waals surface area contributed by atoms with Crippen molar-refractivity contribution >= 4 is 16.8 Å². The molecule has 1 aromatic rings. The molecule has 2 atom stereocenters. The zero-order valence-electron chi connectivity index (χ0n) is 9.43. The zero-order chi connectivity index (χ0) is 12.1. The Bertz CT molecular complexity index is 383. The maximum Gasteiger partial charge on any atom is 0.372 e. The summed E-state index contributed by atoms with van der Waals surface area (Å²) in [6.07, 6.45) is 2.29. The Hall–Kier alpha value is -1.10. The summed E-state index contributed by atoms with van der Waals surface area (Å²) in [4.78, 5) is 10.8. The van der Waals surface area contributed by atoms with Gasteiger partial charge in [-0.25, -0.2) is 4.79 Å². The highest BCUT2D eigenvalue weighted by atomic mass is 32.2. The summed E-state index contributed by atoms with van der Waals surface area (Å²) in [5, 5.41) is 8.80. The van der Waals surface area contributed by atoms with E-state index in [-0.39, 0.29) is 11.5 Å². The molecule has 2 unspecified atom stereocenters. The van der Waals surface area contributed by atoms with Gasteiger partial charge in [-0.2, -0.15) is 0 Å². The van der Waals surface area contributed by atoms with E-state index in [4.69, 9.17) is 9.52 Å². The minimum Gasteiger partial charge on any atom is -0.475 e. The normalized spacial score (nSPS) is 14.6. The fraction of sp³-hybridized carbons (Fsp3) is 0.545. The summed E-state index contributed by atoms with van der Waals surface area (Å²) >= 11 is 0. The van der Waals surface area contributed by atoms with E-state index in [2.05, 4.69) is 0 Å². The van der Waals surface area contributed by atoms with Gasteiger partial charge in [-0.3, -0.25) is 4.21 Å². The Morgan fingerprint density at radius 2 is 2.31 bits per heavy atom. The smallest absolute Gasteiger partial charge is 0.372 e. The van der Waals surface area contributed by atoms with E-state index in [1.807, 2.05) is 13.8 Å². The molecule has 1 aromatic heterocycles. The highest BCUT2D eigenvalue weighted by Crippen LogP contribution is 2.14. The molecule has 0 aliphatic rings. The SMILES string of the molecule is CCC(C)CS(=O)Cc1ccoc1C(=O)O. The summed E-state index contributed by atoms with van der Waals surface area (Å²) in [5.74, 6) is 0.0301. The van der Waals surface area contributed by atoms with Crippen LogP contribution in [0.2, 0.25) is 0 Å². The standard InChI is InChI=1S/C11H16O4S/c1-3-8(2)6-16(14)7-9-4-5-15-10(9)11(12)13/h4-5,8H,3,6-7H2,1-2H3,(H,12,13). The van der Waals surface area contributed by atoms with Crippen molar-refractivity contribution in [1.82, 2.24) is 0 Å². The van der Waals surface area contributed by atoms with Crippen molar-refractivity contribution in [2.75, 3.05) is 5.75 Å². The number of carboxylic acids is 1. The van der Waals surface area contributed by atoms with Crippen LogP contribution in [-0.4, -0.2) is 21.0 Å². The predicted molar refractivity (Wildman–Crippen MR) is 61.8 cm³/mol. The van der Waals surface area contributed by atoms with Crippen molar-refractivity contribution in [2.24, 2.45) is 5.92 Å². The van der Waals surface area contributed by atoms with Gasteiger partial charge in [0.15, 0.2) is 0 Å². The third kappa shape index (κ3) is 3.48. The molecule has 0 aromatic carbocycles. The highest BCUT2D eigenvalue weighted by Gasteiger charge is 2.16. The predicted octanol–water partition coefficient (Wildman–Crippen LogP) is 2.27. The molecular weight excluding hydrogens is 228 g/mol. The van der Waals surface area contributed by atoms with Crippen molar-refractivity contribution in [1.29, 1.82) is 0 Å². The van der Waals surface area contributed by atoms with Crippen LogP contribution in [0.25, 0.3) is 0 Å². The lowest BCUT2D eigenvalue weighted by molar-refractivity contribution is 0.0661. The Morgan fingerprint density at radius 1 is 1.62 bits per heavy atom. The number of carboxylic acid groups (broad SMARTS) is 1. The highest BCUT2D eigenvalue weighted by molar-refractivity contribution is 7.84. The molecule has 0 aliphatic carbocycles. The summed E-state index contributed by atoms with van der Waals surface area (Å²) in [6.45, 7) is 4.08. The van der Waals surface area contributed by atoms with Gasteiger partial charge >= 0.3 is 5.97 Å². The number of carbonyl (C=O) groups is 1. The minimum atomic E-state index is -1.11. The van der Waals surface area contributed by atoms with Gasteiger partial charge in [-0.15, -0.1) is 0 Å². The van der Waals surface area contributed by atoms with E-state index in [0.29, 0.717) is 17.2 Å². The number of hydrogen-bond donors (Lipinski definition) is 1. The van der Waals surface area contributed by atoms with Crippen LogP contribution in [-0.2, 0) is 16.6 Å². The zero-order valence-corrected chi connectivity index (χ0v) is 10.3. The van der Waals surface area contributed by atoms with Gasteiger partial charge in [0.05, 0.1) is 12.0 Å². The Balaban J connectivity index is 2.63. The van der Waals surface area contributed by atoms with Gasteiger partial charge in [0.2, 0.25) is 5.76 Å². The monoisotopic (exact) mass is 244 g/mol. The average Bonchev–Trinajstić information content (AvgIpc) is 2.65. The van der Waals surface area contributed by atoms with E-state index in [9.17, 15) is 9.00 Å². The average molecular weight is 244 g/mol. The van der Waals surface area contributed by atoms with Crippen molar-refractivity contribution in [3.05, 3.63) is 23.7 Å². The summed E-state index contributed by atoms with van der Waals surface area (Å²) < 4.78 is 16.6. The van der Waals surface area contributed by atoms with Crippen LogP contribution < -0.4 is 0 Å². The number of rotatable bonds is 6. The first-order valence-corrected chi connectivity index (χ1v) is 6.68. The third-order valence-electron chi connectivity index (χ3n) is 2.42. The second-order valence-electron chi connectivity index (χ2n) is 3.84. The number of hydrogen-bond acceptors (Lipinski definition) is 3. The van der Waals surface area contributed by atoms with E-state index < -0.39 is 16.8 Å². The molecule has 0 radical (unpaired) electrons. The first kappa shape index (κ1) is 13.0. The van der Waals surface area contributed by atoms with Crippen molar-refractivity contribution in [2.45, 2.75) is 26.0 Å². The molecule has 0 saturated carbocycles. The second-order valence-corrected chi connectivity index (χ2v) is 5.35. The van der Waals surface area contributed by atoms with Crippen LogP contribution >= 0.6 is 0 Å². The first-order valence-electron chi connectivity index (χ1n) is 5.19. The van der Waals surface area contributed by atoms with Gasteiger partial charge in [0.25, 0.3) is 0 Å². The third-order valence-corrected chi connectivity index (χ3v) is 4.00.